The minimum absolute atomic E-state index is 0.281. The van der Waals surface area contributed by atoms with Gasteiger partial charge in [-0.2, -0.15) is 0 Å². The van der Waals surface area contributed by atoms with Crippen molar-refractivity contribution in [1.29, 1.82) is 0 Å². The van der Waals surface area contributed by atoms with Gasteiger partial charge in [-0.15, -0.1) is 0 Å². The van der Waals surface area contributed by atoms with Crippen LogP contribution in [0.2, 0.25) is 0 Å². The molecule has 0 aromatic rings. The van der Waals surface area contributed by atoms with Crippen molar-refractivity contribution in [3.8, 4) is 0 Å². The van der Waals surface area contributed by atoms with E-state index in [9.17, 15) is 13.0 Å². The fraction of sp³-hybridized carbons (Fsp3) is 1.00. The summed E-state index contributed by atoms with van der Waals surface area (Å²) in [5, 5.41) is 0. The Morgan fingerprint density at radius 3 is 1.50 bits per heavy atom. The van der Waals surface area contributed by atoms with E-state index >= 15 is 0 Å². The quantitative estimate of drug-likeness (QED) is 0.470. The lowest BCUT2D eigenvalue weighted by atomic mass is 10.4. The molecule has 0 saturated carbocycles. The number of nitrogens with zero attached hydrogens (tertiary/aromatic N) is 1. The second-order valence-electron chi connectivity index (χ2n) is 2.98. The summed E-state index contributed by atoms with van der Waals surface area (Å²) in [6.45, 7) is 7.77. The van der Waals surface area contributed by atoms with E-state index in [4.69, 9.17) is 0 Å². The molecule has 0 amide bonds. The van der Waals surface area contributed by atoms with Gasteiger partial charge in [0.25, 0.3) is 0 Å². The maximum absolute atomic E-state index is 10.6. The molecule has 0 spiro atoms. The molecule has 0 rings (SSSR count). The van der Waals surface area contributed by atoms with Crippen LogP contribution in [0.4, 0.5) is 0 Å². The van der Waals surface area contributed by atoms with E-state index < -0.39 is 10.1 Å². The van der Waals surface area contributed by atoms with Gasteiger partial charge in [0.15, 0.2) is 5.88 Å². The SMILES string of the molecule is CC[N+](CC)(CC)CS(=O)(=O)[O-]. The highest BCUT2D eigenvalue weighted by atomic mass is 32.2. The van der Waals surface area contributed by atoms with E-state index in [2.05, 4.69) is 0 Å². The fourth-order valence-electron chi connectivity index (χ4n) is 1.28. The molecule has 4 nitrogen and oxygen atoms in total. The van der Waals surface area contributed by atoms with Crippen molar-refractivity contribution in [1.82, 2.24) is 0 Å². The molecule has 0 saturated heterocycles. The molecular formula is C7H17NO3S. The largest absolute Gasteiger partial charge is 0.744 e. The molecular weight excluding hydrogens is 178 g/mol. The molecule has 0 aliphatic rings. The van der Waals surface area contributed by atoms with Gasteiger partial charge in [0.2, 0.25) is 0 Å². The van der Waals surface area contributed by atoms with Gasteiger partial charge in [-0.1, -0.05) is 0 Å². The molecule has 0 N–H and O–H groups in total. The molecule has 74 valence electrons. The van der Waals surface area contributed by atoms with Gasteiger partial charge in [-0.25, -0.2) is 8.42 Å². The Labute approximate surface area is 74.5 Å². The zero-order valence-electron chi connectivity index (χ0n) is 7.91. The number of rotatable bonds is 5. The lowest BCUT2D eigenvalue weighted by Crippen LogP contribution is -2.50. The Morgan fingerprint density at radius 1 is 1.08 bits per heavy atom. The zero-order valence-corrected chi connectivity index (χ0v) is 8.73. The van der Waals surface area contributed by atoms with E-state index in [0.717, 1.165) is 0 Å². The summed E-state index contributed by atoms with van der Waals surface area (Å²) in [6.07, 6.45) is 0. The third-order valence-corrected chi connectivity index (χ3v) is 3.31. The highest BCUT2D eigenvalue weighted by Gasteiger charge is 2.23. The first-order chi connectivity index (χ1) is 5.39. The Kier molecular flexibility index (Phi) is 4.16. The van der Waals surface area contributed by atoms with Crippen molar-refractivity contribution in [2.45, 2.75) is 20.8 Å². The lowest BCUT2D eigenvalue weighted by Gasteiger charge is -2.36. The first-order valence-corrected chi connectivity index (χ1v) is 5.75. The van der Waals surface area contributed by atoms with Crippen LogP contribution in [0, 0.1) is 0 Å². The molecule has 0 aliphatic heterocycles. The van der Waals surface area contributed by atoms with Crippen molar-refractivity contribution in [2.75, 3.05) is 25.5 Å². The van der Waals surface area contributed by atoms with Crippen LogP contribution in [0.5, 0.6) is 0 Å². The molecule has 5 heteroatoms. The minimum atomic E-state index is -4.10. The van der Waals surface area contributed by atoms with E-state index in [1.807, 2.05) is 20.8 Å². The van der Waals surface area contributed by atoms with Crippen LogP contribution in [0.15, 0.2) is 0 Å². The number of hydrogen-bond acceptors (Lipinski definition) is 3. The first kappa shape index (κ1) is 11.9. The van der Waals surface area contributed by atoms with E-state index in [-0.39, 0.29) is 5.88 Å². The van der Waals surface area contributed by atoms with Gasteiger partial charge in [-0.05, 0) is 20.8 Å². The van der Waals surface area contributed by atoms with Gasteiger partial charge in [0.1, 0.15) is 10.1 Å². The zero-order chi connectivity index (χ0) is 9.83. The Balaban J connectivity index is 4.52. The normalized spacial score (nSPS) is 13.3. The number of quaternary nitrogens is 1. The summed E-state index contributed by atoms with van der Waals surface area (Å²) in [4.78, 5) is 0. The molecule has 0 aliphatic carbocycles. The van der Waals surface area contributed by atoms with Gasteiger partial charge in [0, 0.05) is 0 Å². The van der Waals surface area contributed by atoms with Crippen LogP contribution in [0.25, 0.3) is 0 Å². The van der Waals surface area contributed by atoms with E-state index in [1.54, 1.807) is 0 Å². The van der Waals surface area contributed by atoms with Crippen LogP contribution in [0.3, 0.4) is 0 Å². The third kappa shape index (κ3) is 3.51. The Bertz CT molecular complexity index is 211. The van der Waals surface area contributed by atoms with Crippen molar-refractivity contribution in [3.05, 3.63) is 0 Å². The second kappa shape index (κ2) is 4.20. The van der Waals surface area contributed by atoms with Crippen LogP contribution in [-0.2, 0) is 10.1 Å². The summed E-state index contributed by atoms with van der Waals surface area (Å²) in [5.41, 5.74) is 0. The molecule has 0 atom stereocenters. The Hall–Kier alpha value is -0.130. The molecule has 0 bridgehead atoms. The smallest absolute Gasteiger partial charge is 0.169 e. The van der Waals surface area contributed by atoms with Gasteiger partial charge in [0.05, 0.1) is 19.6 Å². The second-order valence-corrected chi connectivity index (χ2v) is 4.35. The standard InChI is InChI=1S/C7H17NO3S/c1-4-8(5-2,6-3)7-12(9,10)11/h4-7H2,1-3H3. The van der Waals surface area contributed by atoms with Gasteiger partial charge < -0.3 is 9.04 Å². The van der Waals surface area contributed by atoms with Gasteiger partial charge >= 0.3 is 0 Å². The summed E-state index contributed by atoms with van der Waals surface area (Å²) in [6, 6.07) is 0. The Morgan fingerprint density at radius 2 is 1.42 bits per heavy atom. The topological polar surface area (TPSA) is 57.2 Å². The lowest BCUT2D eigenvalue weighted by molar-refractivity contribution is -0.912. The van der Waals surface area contributed by atoms with Crippen molar-refractivity contribution in [3.63, 3.8) is 0 Å². The summed E-state index contributed by atoms with van der Waals surface area (Å²) < 4.78 is 32.0. The molecule has 0 unspecified atom stereocenters. The fourth-order valence-corrected chi connectivity index (χ4v) is 2.50. The van der Waals surface area contributed by atoms with Crippen molar-refractivity contribution >= 4 is 10.1 Å². The average Bonchev–Trinajstić information content (AvgIpc) is 1.99. The predicted molar refractivity (Wildman–Crippen MR) is 46.4 cm³/mol. The minimum Gasteiger partial charge on any atom is -0.744 e. The monoisotopic (exact) mass is 195 g/mol. The summed E-state index contributed by atoms with van der Waals surface area (Å²) in [7, 11) is -4.10. The maximum atomic E-state index is 10.6. The maximum Gasteiger partial charge on any atom is 0.169 e. The van der Waals surface area contributed by atoms with Crippen molar-refractivity contribution in [2.24, 2.45) is 0 Å². The van der Waals surface area contributed by atoms with E-state index in [0.29, 0.717) is 24.1 Å². The third-order valence-electron chi connectivity index (χ3n) is 2.44. The summed E-state index contributed by atoms with van der Waals surface area (Å²) in [5.74, 6) is -0.281. The summed E-state index contributed by atoms with van der Waals surface area (Å²) >= 11 is 0. The molecule has 0 fully saturated rings. The predicted octanol–water partition coefficient (Wildman–Crippen LogP) is 0.366. The average molecular weight is 195 g/mol. The molecule has 0 radical (unpaired) electrons. The van der Waals surface area contributed by atoms with Crippen LogP contribution in [-0.4, -0.2) is 43.0 Å². The van der Waals surface area contributed by atoms with Gasteiger partial charge in [-0.3, -0.25) is 0 Å². The first-order valence-electron chi connectivity index (χ1n) is 4.17. The van der Waals surface area contributed by atoms with Crippen LogP contribution >= 0.6 is 0 Å². The van der Waals surface area contributed by atoms with Crippen LogP contribution < -0.4 is 0 Å². The van der Waals surface area contributed by atoms with E-state index in [1.165, 1.54) is 0 Å². The van der Waals surface area contributed by atoms with Crippen molar-refractivity contribution < 1.29 is 17.5 Å². The molecule has 0 aromatic heterocycles. The molecule has 0 aromatic carbocycles. The molecule has 12 heavy (non-hydrogen) atoms. The highest BCUT2D eigenvalue weighted by Crippen LogP contribution is 2.07. The van der Waals surface area contributed by atoms with Crippen LogP contribution in [0.1, 0.15) is 20.8 Å². The highest BCUT2D eigenvalue weighted by molar-refractivity contribution is 7.85. The number of hydrogen-bond donors (Lipinski definition) is 0. The molecule has 0 heterocycles.